The molecule has 2 aromatic carbocycles. The molecular weight excluding hydrogens is 395 g/mol. The van der Waals surface area contributed by atoms with Gasteiger partial charge in [-0.3, -0.25) is 0 Å². The number of ether oxygens (including phenoxy) is 1. The van der Waals surface area contributed by atoms with Crippen molar-refractivity contribution in [2.75, 3.05) is 7.11 Å². The number of aromatic amines is 1. The summed E-state index contributed by atoms with van der Waals surface area (Å²) in [5.74, 6) is 0.925. The molecule has 122 valence electrons. The minimum Gasteiger partial charge on any atom is -0.496 e. The Balaban J connectivity index is 1.96. The minimum atomic E-state index is -0.314. The van der Waals surface area contributed by atoms with Crippen molar-refractivity contribution in [3.05, 3.63) is 63.1 Å². The van der Waals surface area contributed by atoms with Crippen LogP contribution in [0, 0.1) is 10.6 Å². The molecule has 24 heavy (non-hydrogen) atoms. The summed E-state index contributed by atoms with van der Waals surface area (Å²) in [5, 5.41) is 11.2. The Hall–Kier alpha value is -2.32. The van der Waals surface area contributed by atoms with Crippen molar-refractivity contribution in [2.24, 2.45) is 5.10 Å². The molecule has 0 aliphatic rings. The zero-order valence-electron chi connectivity index (χ0n) is 12.5. The molecule has 1 N–H and O–H groups in total. The fourth-order valence-corrected chi connectivity index (χ4v) is 2.81. The smallest absolute Gasteiger partial charge is 0.216 e. The lowest BCUT2D eigenvalue weighted by molar-refractivity contribution is 0.412. The van der Waals surface area contributed by atoms with Gasteiger partial charge >= 0.3 is 0 Å². The fourth-order valence-electron chi connectivity index (χ4n) is 2.07. The summed E-state index contributed by atoms with van der Waals surface area (Å²) < 4.78 is 20.9. The second-order valence-corrected chi connectivity index (χ2v) is 6.05. The number of hydrogen-bond acceptors (Lipinski definition) is 4. The highest BCUT2D eigenvalue weighted by molar-refractivity contribution is 9.10. The lowest BCUT2D eigenvalue weighted by atomic mass is 10.2. The SMILES string of the molecule is COc1ccc(/C=N/n2c(-c3ccc(F)cc3)n[nH]c2=S)cc1Br. The predicted octanol–water partition coefficient (Wildman–Crippen LogP) is 4.40. The summed E-state index contributed by atoms with van der Waals surface area (Å²) in [6, 6.07) is 11.6. The van der Waals surface area contributed by atoms with Crippen molar-refractivity contribution in [1.29, 1.82) is 0 Å². The topological polar surface area (TPSA) is 55.2 Å². The van der Waals surface area contributed by atoms with Gasteiger partial charge in [0.1, 0.15) is 11.6 Å². The molecule has 0 aliphatic carbocycles. The first-order chi connectivity index (χ1) is 11.6. The van der Waals surface area contributed by atoms with Crippen molar-refractivity contribution < 1.29 is 9.13 Å². The van der Waals surface area contributed by atoms with Gasteiger partial charge < -0.3 is 4.74 Å². The predicted molar refractivity (Wildman–Crippen MR) is 96.5 cm³/mol. The molecule has 0 atom stereocenters. The van der Waals surface area contributed by atoms with Crippen LogP contribution >= 0.6 is 28.1 Å². The third-order valence-corrected chi connectivity index (χ3v) is 4.13. The van der Waals surface area contributed by atoms with E-state index < -0.39 is 0 Å². The molecule has 1 aromatic heterocycles. The maximum absolute atomic E-state index is 13.1. The summed E-state index contributed by atoms with van der Waals surface area (Å²) in [6.45, 7) is 0. The van der Waals surface area contributed by atoms with Gasteiger partial charge in [0.25, 0.3) is 0 Å². The highest BCUT2D eigenvalue weighted by Gasteiger charge is 2.08. The van der Waals surface area contributed by atoms with E-state index in [2.05, 4.69) is 31.2 Å². The number of H-pyrrole nitrogens is 1. The molecule has 8 heteroatoms. The average molecular weight is 407 g/mol. The third-order valence-electron chi connectivity index (χ3n) is 3.25. The van der Waals surface area contributed by atoms with Gasteiger partial charge in [-0.2, -0.15) is 14.9 Å². The van der Waals surface area contributed by atoms with Gasteiger partial charge in [-0.05, 0) is 76.2 Å². The summed E-state index contributed by atoms with van der Waals surface area (Å²) in [5.41, 5.74) is 1.56. The maximum Gasteiger partial charge on any atom is 0.216 e. The zero-order valence-corrected chi connectivity index (χ0v) is 14.9. The Morgan fingerprint density at radius 1 is 1.29 bits per heavy atom. The van der Waals surface area contributed by atoms with Gasteiger partial charge in [0, 0.05) is 5.56 Å². The molecule has 0 amide bonds. The first-order valence-corrected chi connectivity index (χ1v) is 8.10. The van der Waals surface area contributed by atoms with E-state index in [-0.39, 0.29) is 5.82 Å². The van der Waals surface area contributed by atoms with Crippen LogP contribution in [-0.2, 0) is 0 Å². The molecule has 0 spiro atoms. The van der Waals surface area contributed by atoms with Crippen LogP contribution < -0.4 is 4.74 Å². The van der Waals surface area contributed by atoms with Crippen molar-refractivity contribution in [2.45, 2.75) is 0 Å². The quantitative estimate of drug-likeness (QED) is 0.515. The maximum atomic E-state index is 13.1. The van der Waals surface area contributed by atoms with Crippen LogP contribution in [-0.4, -0.2) is 28.2 Å². The van der Waals surface area contributed by atoms with Crippen molar-refractivity contribution >= 4 is 34.4 Å². The van der Waals surface area contributed by atoms with E-state index in [9.17, 15) is 4.39 Å². The Labute approximate surface area is 150 Å². The van der Waals surface area contributed by atoms with Gasteiger partial charge in [0.15, 0.2) is 5.82 Å². The van der Waals surface area contributed by atoms with E-state index in [4.69, 9.17) is 17.0 Å². The number of nitrogens with zero attached hydrogens (tertiary/aromatic N) is 3. The van der Waals surface area contributed by atoms with Crippen LogP contribution in [0.5, 0.6) is 5.75 Å². The number of hydrogen-bond donors (Lipinski definition) is 1. The van der Waals surface area contributed by atoms with Crippen LogP contribution in [0.1, 0.15) is 5.56 Å². The highest BCUT2D eigenvalue weighted by Crippen LogP contribution is 2.25. The lowest BCUT2D eigenvalue weighted by Gasteiger charge is -2.04. The molecule has 3 aromatic rings. The van der Waals surface area contributed by atoms with E-state index in [0.717, 1.165) is 15.8 Å². The molecule has 5 nitrogen and oxygen atoms in total. The Morgan fingerprint density at radius 2 is 2.04 bits per heavy atom. The van der Waals surface area contributed by atoms with E-state index >= 15 is 0 Å². The number of methoxy groups -OCH3 is 1. The summed E-state index contributed by atoms with van der Waals surface area (Å²) in [4.78, 5) is 0. The molecule has 3 rings (SSSR count). The second-order valence-electron chi connectivity index (χ2n) is 4.81. The Kier molecular flexibility index (Phi) is 4.86. The lowest BCUT2D eigenvalue weighted by Crippen LogP contribution is -1.95. The zero-order chi connectivity index (χ0) is 17.1. The fraction of sp³-hybridized carbons (Fsp3) is 0.0625. The van der Waals surface area contributed by atoms with Crippen LogP contribution in [0.15, 0.2) is 52.0 Å². The standard InChI is InChI=1S/C16H12BrFN4OS/c1-23-14-7-2-10(8-13(14)17)9-19-22-15(20-21-16(22)24)11-3-5-12(18)6-4-11/h2-9H,1H3,(H,21,24)/b19-9+. The molecule has 0 bridgehead atoms. The molecule has 0 aliphatic heterocycles. The largest absolute Gasteiger partial charge is 0.496 e. The average Bonchev–Trinajstić information content (AvgIpc) is 2.94. The minimum absolute atomic E-state index is 0.314. The Bertz CT molecular complexity index is 949. The number of halogens is 2. The van der Waals surface area contributed by atoms with Gasteiger partial charge in [-0.1, -0.05) is 0 Å². The van der Waals surface area contributed by atoms with Crippen molar-refractivity contribution in [1.82, 2.24) is 14.9 Å². The normalized spacial score (nSPS) is 11.1. The molecule has 0 radical (unpaired) electrons. The number of benzene rings is 2. The van der Waals surface area contributed by atoms with Crippen molar-refractivity contribution in [3.63, 3.8) is 0 Å². The van der Waals surface area contributed by atoms with Crippen LogP contribution in [0.25, 0.3) is 11.4 Å². The first kappa shape index (κ1) is 16.5. The summed E-state index contributed by atoms with van der Waals surface area (Å²) in [6.07, 6.45) is 1.66. The highest BCUT2D eigenvalue weighted by atomic mass is 79.9. The van der Waals surface area contributed by atoms with Gasteiger partial charge in [-0.15, -0.1) is 0 Å². The van der Waals surface area contributed by atoms with Crippen LogP contribution in [0.3, 0.4) is 0 Å². The van der Waals surface area contributed by atoms with E-state index in [1.165, 1.54) is 16.8 Å². The summed E-state index contributed by atoms with van der Waals surface area (Å²) >= 11 is 8.64. The van der Waals surface area contributed by atoms with E-state index in [1.807, 2.05) is 18.2 Å². The van der Waals surface area contributed by atoms with Crippen LogP contribution in [0.2, 0.25) is 0 Å². The number of nitrogens with one attached hydrogen (secondary N) is 1. The van der Waals surface area contributed by atoms with E-state index in [1.54, 1.807) is 25.5 Å². The molecular formula is C16H12BrFN4OS. The molecule has 0 fully saturated rings. The molecule has 0 saturated carbocycles. The molecule has 0 saturated heterocycles. The van der Waals surface area contributed by atoms with Crippen LogP contribution in [0.4, 0.5) is 4.39 Å². The van der Waals surface area contributed by atoms with Gasteiger partial charge in [0.2, 0.25) is 4.77 Å². The molecule has 0 unspecified atom stereocenters. The third kappa shape index (κ3) is 3.44. The van der Waals surface area contributed by atoms with Gasteiger partial charge in [0.05, 0.1) is 17.8 Å². The number of aromatic nitrogens is 3. The number of rotatable bonds is 4. The van der Waals surface area contributed by atoms with Gasteiger partial charge in [-0.25, -0.2) is 9.49 Å². The second kappa shape index (κ2) is 7.06. The summed E-state index contributed by atoms with van der Waals surface area (Å²) in [7, 11) is 1.60. The monoisotopic (exact) mass is 406 g/mol. The Morgan fingerprint density at radius 3 is 2.71 bits per heavy atom. The van der Waals surface area contributed by atoms with E-state index in [0.29, 0.717) is 16.2 Å². The van der Waals surface area contributed by atoms with Crippen molar-refractivity contribution in [3.8, 4) is 17.1 Å². The molecule has 1 heterocycles. The first-order valence-electron chi connectivity index (χ1n) is 6.90.